The van der Waals surface area contributed by atoms with Gasteiger partial charge in [0, 0.05) is 13.1 Å². The molecule has 1 aromatic carbocycles. The van der Waals surface area contributed by atoms with Crippen LogP contribution in [0.25, 0.3) is 11.1 Å². The van der Waals surface area contributed by atoms with Crippen molar-refractivity contribution in [3.63, 3.8) is 0 Å². The molecule has 0 radical (unpaired) electrons. The number of benzene rings is 1. The summed E-state index contributed by atoms with van der Waals surface area (Å²) >= 11 is 0. The Labute approximate surface area is 148 Å². The molecule has 0 bridgehead atoms. The van der Waals surface area contributed by atoms with E-state index in [1.165, 1.54) is 6.42 Å². The van der Waals surface area contributed by atoms with Crippen LogP contribution in [0, 0.1) is 0 Å². The number of para-hydroxylation sites is 2. The third-order valence-electron chi connectivity index (χ3n) is 5.70. The number of aliphatic hydroxyl groups is 1. The predicted octanol–water partition coefficient (Wildman–Crippen LogP) is 3.62. The lowest BCUT2D eigenvalue weighted by Crippen LogP contribution is -2.44. The van der Waals surface area contributed by atoms with Crippen LogP contribution in [0.1, 0.15) is 63.2 Å². The molecule has 2 aliphatic rings. The topological polar surface area (TPSA) is 66.6 Å². The van der Waals surface area contributed by atoms with Crippen molar-refractivity contribution in [1.29, 1.82) is 0 Å². The normalized spacial score (nSPS) is 23.7. The van der Waals surface area contributed by atoms with Gasteiger partial charge in [-0.1, -0.05) is 31.4 Å². The van der Waals surface area contributed by atoms with Gasteiger partial charge in [-0.15, -0.1) is 0 Å². The predicted molar refractivity (Wildman–Crippen MR) is 95.2 cm³/mol. The second-order valence-electron chi connectivity index (χ2n) is 7.66. The molecule has 1 amide bonds. The summed E-state index contributed by atoms with van der Waals surface area (Å²) in [7, 11) is 0. The van der Waals surface area contributed by atoms with E-state index >= 15 is 0 Å². The zero-order chi connectivity index (χ0) is 17.3. The lowest BCUT2D eigenvalue weighted by atomic mass is 9.82. The van der Waals surface area contributed by atoms with E-state index in [0.717, 1.165) is 62.1 Å². The molecule has 1 aromatic heterocycles. The maximum atomic E-state index is 12.7. The summed E-state index contributed by atoms with van der Waals surface area (Å²) in [5.41, 5.74) is 0.884. The summed E-state index contributed by atoms with van der Waals surface area (Å²) in [4.78, 5) is 19.2. The first kappa shape index (κ1) is 16.6. The lowest BCUT2D eigenvalue weighted by Gasteiger charge is -2.36. The lowest BCUT2D eigenvalue weighted by molar-refractivity contribution is -0.139. The SMILES string of the molecule is O=C(CC1(O)CCCCC1)N1CCCC(c2nc3ccccc3o2)C1. The molecule has 2 fully saturated rings. The summed E-state index contributed by atoms with van der Waals surface area (Å²) in [6, 6.07) is 7.78. The van der Waals surface area contributed by atoms with Crippen LogP contribution in [0.3, 0.4) is 0 Å². The fourth-order valence-corrected chi connectivity index (χ4v) is 4.25. The molecular formula is C20H26N2O3. The molecule has 1 aliphatic carbocycles. The van der Waals surface area contributed by atoms with Crippen molar-refractivity contribution < 1.29 is 14.3 Å². The highest BCUT2D eigenvalue weighted by Crippen LogP contribution is 2.33. The molecule has 2 heterocycles. The minimum absolute atomic E-state index is 0.0743. The Morgan fingerprint density at radius 1 is 1.24 bits per heavy atom. The largest absolute Gasteiger partial charge is 0.440 e. The van der Waals surface area contributed by atoms with Crippen molar-refractivity contribution in [2.45, 2.75) is 62.9 Å². The number of piperidine rings is 1. The van der Waals surface area contributed by atoms with Gasteiger partial charge in [0.05, 0.1) is 17.9 Å². The van der Waals surface area contributed by atoms with Crippen molar-refractivity contribution in [3.05, 3.63) is 30.2 Å². The fraction of sp³-hybridized carbons (Fsp3) is 0.600. The van der Waals surface area contributed by atoms with Crippen LogP contribution in [-0.2, 0) is 4.79 Å². The Morgan fingerprint density at radius 3 is 2.84 bits per heavy atom. The van der Waals surface area contributed by atoms with Gasteiger partial charge in [0.15, 0.2) is 11.5 Å². The van der Waals surface area contributed by atoms with Crippen LogP contribution in [0.4, 0.5) is 0 Å². The monoisotopic (exact) mass is 342 g/mol. The van der Waals surface area contributed by atoms with Gasteiger partial charge in [0.2, 0.25) is 5.91 Å². The Morgan fingerprint density at radius 2 is 2.04 bits per heavy atom. The molecule has 1 saturated heterocycles. The van der Waals surface area contributed by atoms with Gasteiger partial charge in [-0.2, -0.15) is 0 Å². The van der Waals surface area contributed by atoms with E-state index in [9.17, 15) is 9.90 Å². The van der Waals surface area contributed by atoms with Gasteiger partial charge < -0.3 is 14.4 Å². The zero-order valence-corrected chi connectivity index (χ0v) is 14.6. The third kappa shape index (κ3) is 3.56. The quantitative estimate of drug-likeness (QED) is 0.925. The second-order valence-corrected chi connectivity index (χ2v) is 7.66. The molecule has 134 valence electrons. The van der Waals surface area contributed by atoms with Crippen LogP contribution >= 0.6 is 0 Å². The molecule has 4 rings (SSSR count). The molecule has 0 spiro atoms. The first-order chi connectivity index (χ1) is 12.1. The smallest absolute Gasteiger partial charge is 0.225 e. The summed E-state index contributed by atoms with van der Waals surface area (Å²) in [6.45, 7) is 1.41. The van der Waals surface area contributed by atoms with Gasteiger partial charge >= 0.3 is 0 Å². The highest BCUT2D eigenvalue weighted by molar-refractivity contribution is 5.77. The van der Waals surface area contributed by atoms with E-state index < -0.39 is 5.60 Å². The highest BCUT2D eigenvalue weighted by Gasteiger charge is 2.35. The average molecular weight is 342 g/mol. The molecule has 1 unspecified atom stereocenters. The van der Waals surface area contributed by atoms with Gasteiger partial charge in [-0.25, -0.2) is 4.98 Å². The van der Waals surface area contributed by atoms with Crippen LogP contribution in [0.5, 0.6) is 0 Å². The number of rotatable bonds is 3. The summed E-state index contributed by atoms with van der Waals surface area (Å²) in [5, 5.41) is 10.7. The number of oxazole rings is 1. The van der Waals surface area contributed by atoms with E-state index in [-0.39, 0.29) is 18.2 Å². The molecule has 1 atom stereocenters. The molecule has 5 nitrogen and oxygen atoms in total. The molecule has 25 heavy (non-hydrogen) atoms. The number of amides is 1. The number of hydrogen-bond acceptors (Lipinski definition) is 4. The molecule has 2 aromatic rings. The Kier molecular flexibility index (Phi) is 4.50. The van der Waals surface area contributed by atoms with Crippen LogP contribution in [0.2, 0.25) is 0 Å². The summed E-state index contributed by atoms with van der Waals surface area (Å²) in [6.07, 6.45) is 6.91. The molecule has 1 N–H and O–H groups in total. The molecule has 1 aliphatic heterocycles. The summed E-state index contributed by atoms with van der Waals surface area (Å²) < 4.78 is 5.91. The molecule has 5 heteroatoms. The second kappa shape index (κ2) is 6.79. The Hall–Kier alpha value is -1.88. The van der Waals surface area contributed by atoms with E-state index in [0.29, 0.717) is 6.54 Å². The van der Waals surface area contributed by atoms with Crippen molar-refractivity contribution in [3.8, 4) is 0 Å². The van der Waals surface area contributed by atoms with Crippen LogP contribution in [-0.4, -0.2) is 39.6 Å². The zero-order valence-electron chi connectivity index (χ0n) is 14.6. The van der Waals surface area contributed by atoms with Crippen molar-refractivity contribution in [2.24, 2.45) is 0 Å². The fourth-order valence-electron chi connectivity index (χ4n) is 4.25. The maximum absolute atomic E-state index is 12.7. The van der Waals surface area contributed by atoms with Gasteiger partial charge in [0.1, 0.15) is 5.52 Å². The van der Waals surface area contributed by atoms with Gasteiger partial charge in [0.25, 0.3) is 0 Å². The van der Waals surface area contributed by atoms with Crippen LogP contribution < -0.4 is 0 Å². The maximum Gasteiger partial charge on any atom is 0.225 e. The third-order valence-corrected chi connectivity index (χ3v) is 5.70. The van der Waals surface area contributed by atoms with Crippen molar-refractivity contribution >= 4 is 17.0 Å². The minimum Gasteiger partial charge on any atom is -0.440 e. The standard InChI is InChI=1S/C20H26N2O3/c23-18(13-20(24)10-4-1-5-11-20)22-12-6-7-15(14-22)19-21-16-8-2-3-9-17(16)25-19/h2-3,8-9,15,24H,1,4-7,10-14H2. The Balaban J connectivity index is 1.44. The average Bonchev–Trinajstić information content (AvgIpc) is 3.06. The number of fused-ring (bicyclic) bond motifs is 1. The van der Waals surface area contributed by atoms with Gasteiger partial charge in [-0.3, -0.25) is 4.79 Å². The summed E-state index contributed by atoms with van der Waals surface area (Å²) in [5.74, 6) is 0.950. The number of carbonyl (C=O) groups excluding carboxylic acids is 1. The van der Waals surface area contributed by atoms with E-state index in [1.54, 1.807) is 0 Å². The first-order valence-corrected chi connectivity index (χ1v) is 9.49. The number of likely N-dealkylation sites (tertiary alicyclic amines) is 1. The van der Waals surface area contributed by atoms with Gasteiger partial charge in [-0.05, 0) is 37.8 Å². The highest BCUT2D eigenvalue weighted by atomic mass is 16.3. The first-order valence-electron chi connectivity index (χ1n) is 9.49. The number of carbonyl (C=O) groups is 1. The number of nitrogens with zero attached hydrogens (tertiary/aromatic N) is 2. The Bertz CT molecular complexity index is 715. The molecular weight excluding hydrogens is 316 g/mol. The van der Waals surface area contributed by atoms with E-state index in [1.807, 2.05) is 29.2 Å². The number of hydrogen-bond donors (Lipinski definition) is 1. The van der Waals surface area contributed by atoms with E-state index in [4.69, 9.17) is 4.42 Å². The number of aromatic nitrogens is 1. The van der Waals surface area contributed by atoms with Crippen molar-refractivity contribution in [2.75, 3.05) is 13.1 Å². The van der Waals surface area contributed by atoms with Crippen LogP contribution in [0.15, 0.2) is 28.7 Å². The minimum atomic E-state index is -0.792. The van der Waals surface area contributed by atoms with Crippen molar-refractivity contribution in [1.82, 2.24) is 9.88 Å². The molecule has 1 saturated carbocycles. The van der Waals surface area contributed by atoms with E-state index in [2.05, 4.69) is 4.98 Å².